The maximum Gasteiger partial charge on any atom is 0.332 e. The Hall–Kier alpha value is -1.89. The van der Waals surface area contributed by atoms with E-state index in [0.717, 1.165) is 38.2 Å². The number of fused-ring (bicyclic) bond motifs is 1. The zero-order valence-electron chi connectivity index (χ0n) is 18.3. The average molecular weight is 392 g/mol. The fourth-order valence-electron chi connectivity index (χ4n) is 3.71. The van der Waals surface area contributed by atoms with E-state index in [1.54, 1.807) is 7.05 Å². The fraction of sp³-hybridized carbons (Fsp3) is 0.762. The van der Waals surface area contributed by atoms with Crippen LogP contribution in [0.5, 0.6) is 0 Å². The highest BCUT2D eigenvalue weighted by atomic mass is 16.2. The summed E-state index contributed by atoms with van der Waals surface area (Å²) in [5, 5.41) is 0. The Morgan fingerprint density at radius 3 is 2.04 bits per heavy atom. The first kappa shape index (κ1) is 22.4. The number of nitrogens with zero attached hydrogens (tertiary/aromatic N) is 5. The zero-order valence-corrected chi connectivity index (χ0v) is 18.3. The van der Waals surface area contributed by atoms with Gasteiger partial charge in [0.2, 0.25) is 0 Å². The molecular weight excluding hydrogens is 354 g/mol. The van der Waals surface area contributed by atoms with Crippen LogP contribution in [0.2, 0.25) is 0 Å². The molecule has 0 aliphatic rings. The molecule has 0 aromatic carbocycles. The summed E-state index contributed by atoms with van der Waals surface area (Å²) in [6.07, 6.45) is 7.80. The molecule has 2 heterocycles. The van der Waals surface area contributed by atoms with Crippen LogP contribution >= 0.6 is 0 Å². The largest absolute Gasteiger partial charge is 0.332 e. The summed E-state index contributed by atoms with van der Waals surface area (Å²) < 4.78 is 4.68. The zero-order chi connectivity index (χ0) is 20.7. The molecule has 7 nitrogen and oxygen atoms in total. The van der Waals surface area contributed by atoms with Gasteiger partial charge in [-0.05, 0) is 45.3 Å². The standard InChI is InChI=1S/C21H37N5O2/c1-6-9-13-25(14-10-7-2)15-11-12-16-26-17(8-3)22-19-18(26)20(27)24(5)21(28)23(19)4/h6-16H2,1-5H3. The number of hydrogen-bond acceptors (Lipinski definition) is 4. The van der Waals surface area contributed by atoms with E-state index in [4.69, 9.17) is 0 Å². The third-order valence-corrected chi connectivity index (χ3v) is 5.51. The minimum Gasteiger partial charge on any atom is -0.322 e. The molecule has 0 saturated carbocycles. The van der Waals surface area contributed by atoms with Crippen molar-refractivity contribution in [1.82, 2.24) is 23.6 Å². The molecular formula is C21H37N5O2. The van der Waals surface area contributed by atoms with E-state index in [0.29, 0.717) is 11.2 Å². The lowest BCUT2D eigenvalue weighted by atomic mass is 10.2. The molecule has 0 atom stereocenters. The fourth-order valence-corrected chi connectivity index (χ4v) is 3.71. The van der Waals surface area contributed by atoms with Gasteiger partial charge in [0, 0.05) is 27.1 Å². The maximum absolute atomic E-state index is 12.7. The first-order valence-corrected chi connectivity index (χ1v) is 10.8. The van der Waals surface area contributed by atoms with Gasteiger partial charge >= 0.3 is 5.69 Å². The van der Waals surface area contributed by atoms with Gasteiger partial charge in [-0.2, -0.15) is 0 Å². The van der Waals surface area contributed by atoms with Crippen molar-refractivity contribution >= 4 is 11.2 Å². The monoisotopic (exact) mass is 391 g/mol. The highest BCUT2D eigenvalue weighted by Crippen LogP contribution is 2.13. The van der Waals surface area contributed by atoms with Gasteiger partial charge in [-0.1, -0.05) is 33.6 Å². The second kappa shape index (κ2) is 10.6. The van der Waals surface area contributed by atoms with Crippen LogP contribution in [0.25, 0.3) is 11.2 Å². The Kier molecular flexibility index (Phi) is 8.48. The first-order valence-electron chi connectivity index (χ1n) is 10.8. The molecule has 158 valence electrons. The molecule has 0 saturated heterocycles. The van der Waals surface area contributed by atoms with Gasteiger partial charge in [0.15, 0.2) is 11.2 Å². The smallest absolute Gasteiger partial charge is 0.322 e. The van der Waals surface area contributed by atoms with Crippen molar-refractivity contribution in [2.75, 3.05) is 19.6 Å². The number of rotatable bonds is 12. The van der Waals surface area contributed by atoms with E-state index in [-0.39, 0.29) is 11.2 Å². The van der Waals surface area contributed by atoms with Gasteiger partial charge in [-0.25, -0.2) is 9.78 Å². The third-order valence-electron chi connectivity index (χ3n) is 5.51. The van der Waals surface area contributed by atoms with Crippen molar-refractivity contribution in [3.63, 3.8) is 0 Å². The molecule has 2 aromatic heterocycles. The van der Waals surface area contributed by atoms with Crippen LogP contribution in [-0.2, 0) is 27.1 Å². The van der Waals surface area contributed by atoms with Crippen LogP contribution in [0.1, 0.15) is 65.1 Å². The van der Waals surface area contributed by atoms with E-state index >= 15 is 0 Å². The van der Waals surface area contributed by atoms with Crippen molar-refractivity contribution < 1.29 is 0 Å². The molecule has 2 rings (SSSR count). The van der Waals surface area contributed by atoms with Gasteiger partial charge in [0.05, 0.1) is 0 Å². The number of imidazole rings is 1. The Morgan fingerprint density at radius 1 is 0.857 bits per heavy atom. The van der Waals surface area contributed by atoms with Crippen LogP contribution < -0.4 is 11.2 Å². The Morgan fingerprint density at radius 2 is 1.46 bits per heavy atom. The van der Waals surface area contributed by atoms with Gasteiger partial charge < -0.3 is 9.47 Å². The van der Waals surface area contributed by atoms with Crippen molar-refractivity contribution in [3.05, 3.63) is 26.7 Å². The normalized spacial score (nSPS) is 11.8. The van der Waals surface area contributed by atoms with E-state index in [1.165, 1.54) is 55.0 Å². The lowest BCUT2D eigenvalue weighted by Crippen LogP contribution is -2.37. The van der Waals surface area contributed by atoms with E-state index in [9.17, 15) is 9.59 Å². The summed E-state index contributed by atoms with van der Waals surface area (Å²) in [5.41, 5.74) is 0.470. The highest BCUT2D eigenvalue weighted by Gasteiger charge is 2.18. The first-order chi connectivity index (χ1) is 13.5. The molecule has 0 bridgehead atoms. The Balaban J connectivity index is 2.13. The lowest BCUT2D eigenvalue weighted by molar-refractivity contribution is 0.258. The Labute approximate surface area is 168 Å². The highest BCUT2D eigenvalue weighted by molar-refractivity contribution is 5.71. The van der Waals surface area contributed by atoms with Crippen molar-refractivity contribution in [3.8, 4) is 0 Å². The molecule has 0 spiro atoms. The third kappa shape index (κ3) is 4.93. The number of aryl methyl sites for hydroxylation is 3. The van der Waals surface area contributed by atoms with E-state index < -0.39 is 0 Å². The second-order valence-electron chi connectivity index (χ2n) is 7.67. The van der Waals surface area contributed by atoms with Gasteiger partial charge in [0.25, 0.3) is 5.56 Å². The molecule has 0 aliphatic heterocycles. The molecule has 0 amide bonds. The topological polar surface area (TPSA) is 65.1 Å². The molecule has 0 unspecified atom stereocenters. The summed E-state index contributed by atoms with van der Waals surface area (Å²) in [4.78, 5) is 32.1. The number of unbranched alkanes of at least 4 members (excludes halogenated alkanes) is 3. The molecule has 28 heavy (non-hydrogen) atoms. The predicted molar refractivity (Wildman–Crippen MR) is 115 cm³/mol. The van der Waals surface area contributed by atoms with E-state index in [2.05, 4.69) is 23.7 Å². The predicted octanol–water partition coefficient (Wildman–Crippen LogP) is 2.68. The van der Waals surface area contributed by atoms with Crippen LogP contribution in [0.3, 0.4) is 0 Å². The summed E-state index contributed by atoms with van der Waals surface area (Å²) in [6, 6.07) is 0. The molecule has 0 aliphatic carbocycles. The maximum atomic E-state index is 12.7. The SMILES string of the molecule is CCCCN(CCCC)CCCCn1c(CC)nc2c1c(=O)n(C)c(=O)n2C. The van der Waals surface area contributed by atoms with Gasteiger partial charge in [0.1, 0.15) is 5.82 Å². The lowest BCUT2D eigenvalue weighted by Gasteiger charge is -2.22. The number of hydrogen-bond donors (Lipinski definition) is 0. The molecule has 0 N–H and O–H groups in total. The summed E-state index contributed by atoms with van der Waals surface area (Å²) in [7, 11) is 3.21. The summed E-state index contributed by atoms with van der Waals surface area (Å²) in [6.45, 7) is 10.7. The van der Waals surface area contributed by atoms with Crippen LogP contribution in [0.4, 0.5) is 0 Å². The Bertz CT molecular complexity index is 870. The molecule has 2 aromatic rings. The minimum atomic E-state index is -0.327. The second-order valence-corrected chi connectivity index (χ2v) is 7.67. The van der Waals surface area contributed by atoms with Crippen LogP contribution in [-0.4, -0.2) is 43.2 Å². The summed E-state index contributed by atoms with van der Waals surface area (Å²) >= 11 is 0. The average Bonchev–Trinajstić information content (AvgIpc) is 3.08. The van der Waals surface area contributed by atoms with E-state index in [1.807, 2.05) is 11.5 Å². The van der Waals surface area contributed by atoms with Crippen LogP contribution in [0.15, 0.2) is 9.59 Å². The quantitative estimate of drug-likeness (QED) is 0.522. The van der Waals surface area contributed by atoms with Gasteiger partial charge in [-0.3, -0.25) is 13.9 Å². The summed E-state index contributed by atoms with van der Waals surface area (Å²) in [5.74, 6) is 0.877. The van der Waals surface area contributed by atoms with Gasteiger partial charge in [-0.15, -0.1) is 0 Å². The van der Waals surface area contributed by atoms with Crippen molar-refractivity contribution in [1.29, 1.82) is 0 Å². The van der Waals surface area contributed by atoms with Crippen molar-refractivity contribution in [2.24, 2.45) is 14.1 Å². The number of aromatic nitrogens is 4. The van der Waals surface area contributed by atoms with Crippen LogP contribution in [0, 0.1) is 0 Å². The molecule has 0 fully saturated rings. The van der Waals surface area contributed by atoms with Crippen molar-refractivity contribution in [2.45, 2.75) is 72.3 Å². The molecule has 0 radical (unpaired) electrons. The minimum absolute atomic E-state index is 0.252. The molecule has 7 heteroatoms.